The van der Waals surface area contributed by atoms with Crippen LogP contribution in [0.4, 0.5) is 10.5 Å². The first-order valence-corrected chi connectivity index (χ1v) is 7.90. The van der Waals surface area contributed by atoms with Gasteiger partial charge in [0.25, 0.3) is 0 Å². The van der Waals surface area contributed by atoms with Gasteiger partial charge in [-0.3, -0.25) is 9.59 Å². The summed E-state index contributed by atoms with van der Waals surface area (Å²) in [6.45, 7) is 1.48. The van der Waals surface area contributed by atoms with E-state index >= 15 is 0 Å². The number of anilines is 1. The van der Waals surface area contributed by atoms with E-state index < -0.39 is 18.0 Å². The predicted molar refractivity (Wildman–Crippen MR) is 93.4 cm³/mol. The number of fused-ring (bicyclic) bond motifs is 2. The molecule has 0 saturated carbocycles. The summed E-state index contributed by atoms with van der Waals surface area (Å²) in [4.78, 5) is 48.5. The number of methoxy groups -OCH3 is 1. The summed E-state index contributed by atoms with van der Waals surface area (Å²) in [5.74, 6) is -1.09. The lowest BCUT2D eigenvalue weighted by atomic mass is 9.84. The third kappa shape index (κ3) is 3.06. The second-order valence-corrected chi connectivity index (χ2v) is 5.81. The van der Waals surface area contributed by atoms with E-state index in [0.717, 1.165) is 0 Å². The van der Waals surface area contributed by atoms with E-state index in [1.165, 1.54) is 32.2 Å². The quantitative estimate of drug-likeness (QED) is 0.703. The highest BCUT2D eigenvalue weighted by Gasteiger charge is 2.29. The van der Waals surface area contributed by atoms with Gasteiger partial charge in [-0.2, -0.15) is 0 Å². The van der Waals surface area contributed by atoms with E-state index in [2.05, 4.69) is 15.4 Å². The van der Waals surface area contributed by atoms with Crippen molar-refractivity contribution in [2.45, 2.75) is 13.0 Å². The van der Waals surface area contributed by atoms with E-state index in [1.807, 2.05) is 0 Å². The lowest BCUT2D eigenvalue weighted by Crippen LogP contribution is -2.41. The van der Waals surface area contributed by atoms with Crippen molar-refractivity contribution < 1.29 is 23.9 Å². The van der Waals surface area contributed by atoms with Crippen molar-refractivity contribution in [3.8, 4) is 0 Å². The van der Waals surface area contributed by atoms with Crippen molar-refractivity contribution >= 4 is 29.3 Å². The molecule has 2 aromatic carbocycles. The van der Waals surface area contributed by atoms with Gasteiger partial charge >= 0.3 is 12.0 Å². The summed E-state index contributed by atoms with van der Waals surface area (Å²) >= 11 is 0. The predicted octanol–water partition coefficient (Wildman–Crippen LogP) is 2.14. The number of ether oxygens (including phenoxy) is 1. The van der Waals surface area contributed by atoms with Crippen LogP contribution in [0.3, 0.4) is 0 Å². The molecule has 2 N–H and O–H groups in total. The number of nitrogens with one attached hydrogen (secondary N) is 2. The Kier molecular flexibility index (Phi) is 4.53. The molecule has 0 saturated heterocycles. The second kappa shape index (κ2) is 6.79. The number of esters is 1. The third-order valence-corrected chi connectivity index (χ3v) is 4.09. The molecule has 0 spiro atoms. The number of carbonyl (C=O) groups excluding carboxylic acids is 4. The smallest absolute Gasteiger partial charge is 0.328 e. The number of benzene rings is 2. The summed E-state index contributed by atoms with van der Waals surface area (Å²) in [5.41, 5.74) is 1.57. The molecule has 0 aromatic heterocycles. The van der Waals surface area contributed by atoms with E-state index in [0.29, 0.717) is 22.4 Å². The number of urea groups is 1. The van der Waals surface area contributed by atoms with Crippen LogP contribution < -0.4 is 10.6 Å². The molecule has 132 valence electrons. The second-order valence-electron chi connectivity index (χ2n) is 5.81. The zero-order valence-corrected chi connectivity index (χ0v) is 14.2. The topological polar surface area (TPSA) is 102 Å². The van der Waals surface area contributed by atoms with E-state index in [1.54, 1.807) is 24.3 Å². The highest BCUT2D eigenvalue weighted by atomic mass is 16.5. The first-order valence-electron chi connectivity index (χ1n) is 7.90. The van der Waals surface area contributed by atoms with Crippen molar-refractivity contribution in [2.75, 3.05) is 12.4 Å². The Labute approximate surface area is 149 Å². The van der Waals surface area contributed by atoms with Gasteiger partial charge in [0.15, 0.2) is 11.6 Å². The Morgan fingerprint density at radius 3 is 2.12 bits per heavy atom. The van der Waals surface area contributed by atoms with Crippen molar-refractivity contribution in [2.24, 2.45) is 0 Å². The summed E-state index contributed by atoms with van der Waals surface area (Å²) < 4.78 is 4.53. The maximum atomic E-state index is 12.7. The van der Waals surface area contributed by atoms with Crippen LogP contribution in [-0.2, 0) is 9.53 Å². The summed E-state index contributed by atoms with van der Waals surface area (Å²) in [6, 6.07) is 9.65. The third-order valence-electron chi connectivity index (χ3n) is 4.09. The standard InChI is InChI=1S/C19H16N2O5/c1-10(18(24)26-2)20-19(25)21-11-7-8-14-15(9-11)17(23)13-6-4-3-5-12(13)16(14)22/h3-10H,1-2H3,(H2,20,21,25). The SMILES string of the molecule is COC(=O)C(C)NC(=O)Nc1ccc2c(c1)C(=O)c1ccccc1C2=O. The van der Waals surface area contributed by atoms with Crippen molar-refractivity contribution in [3.05, 3.63) is 64.7 Å². The molecule has 0 heterocycles. The Morgan fingerprint density at radius 1 is 0.923 bits per heavy atom. The largest absolute Gasteiger partial charge is 0.467 e. The zero-order valence-electron chi connectivity index (χ0n) is 14.2. The molecule has 0 aliphatic heterocycles. The van der Waals surface area contributed by atoms with Gasteiger partial charge in [0.1, 0.15) is 6.04 Å². The average Bonchev–Trinajstić information content (AvgIpc) is 2.65. The first kappa shape index (κ1) is 17.3. The van der Waals surface area contributed by atoms with Crippen LogP contribution in [0, 0.1) is 0 Å². The molecule has 0 fully saturated rings. The van der Waals surface area contributed by atoms with Gasteiger partial charge in [-0.1, -0.05) is 24.3 Å². The Morgan fingerprint density at radius 2 is 1.50 bits per heavy atom. The minimum Gasteiger partial charge on any atom is -0.467 e. The van der Waals surface area contributed by atoms with Crippen LogP contribution >= 0.6 is 0 Å². The molecule has 1 aliphatic carbocycles. The minimum absolute atomic E-state index is 0.229. The number of amides is 2. The molecule has 1 unspecified atom stereocenters. The van der Waals surface area contributed by atoms with Crippen LogP contribution in [0.25, 0.3) is 0 Å². The maximum Gasteiger partial charge on any atom is 0.328 e. The molecule has 3 rings (SSSR count). The molecule has 26 heavy (non-hydrogen) atoms. The number of hydrogen-bond acceptors (Lipinski definition) is 5. The van der Waals surface area contributed by atoms with Crippen LogP contribution in [-0.4, -0.2) is 36.7 Å². The number of ketones is 2. The van der Waals surface area contributed by atoms with Gasteiger partial charge in [-0.05, 0) is 25.1 Å². The molecule has 1 aliphatic rings. The molecule has 2 aromatic rings. The van der Waals surface area contributed by atoms with Crippen LogP contribution in [0.5, 0.6) is 0 Å². The van der Waals surface area contributed by atoms with Crippen LogP contribution in [0.1, 0.15) is 38.8 Å². The van der Waals surface area contributed by atoms with Gasteiger partial charge in [0.05, 0.1) is 7.11 Å². The lowest BCUT2D eigenvalue weighted by Gasteiger charge is -2.18. The van der Waals surface area contributed by atoms with Gasteiger partial charge in [-0.15, -0.1) is 0 Å². The van der Waals surface area contributed by atoms with Gasteiger partial charge in [0.2, 0.25) is 0 Å². The molecular formula is C19H16N2O5. The van der Waals surface area contributed by atoms with Gasteiger partial charge in [0, 0.05) is 27.9 Å². The van der Waals surface area contributed by atoms with Gasteiger partial charge in [-0.25, -0.2) is 9.59 Å². The molecule has 7 nitrogen and oxygen atoms in total. The Bertz CT molecular complexity index is 935. The highest BCUT2D eigenvalue weighted by molar-refractivity contribution is 6.28. The summed E-state index contributed by atoms with van der Waals surface area (Å²) in [7, 11) is 1.22. The van der Waals surface area contributed by atoms with E-state index in [9.17, 15) is 19.2 Å². The molecule has 7 heteroatoms. The number of hydrogen-bond donors (Lipinski definition) is 2. The highest BCUT2D eigenvalue weighted by Crippen LogP contribution is 2.29. The summed E-state index contributed by atoms with van der Waals surface area (Å²) in [6.07, 6.45) is 0. The molecule has 0 radical (unpaired) electrons. The maximum absolute atomic E-state index is 12.7. The normalized spacial score (nSPS) is 13.3. The van der Waals surface area contributed by atoms with Crippen LogP contribution in [0.2, 0.25) is 0 Å². The fourth-order valence-electron chi connectivity index (χ4n) is 2.78. The van der Waals surface area contributed by atoms with Crippen LogP contribution in [0.15, 0.2) is 42.5 Å². The molecule has 0 bridgehead atoms. The van der Waals surface area contributed by atoms with E-state index in [4.69, 9.17) is 0 Å². The van der Waals surface area contributed by atoms with E-state index in [-0.39, 0.29) is 17.1 Å². The fourth-order valence-corrected chi connectivity index (χ4v) is 2.78. The van der Waals surface area contributed by atoms with Crippen molar-refractivity contribution in [1.29, 1.82) is 0 Å². The summed E-state index contributed by atoms with van der Waals surface area (Å²) in [5, 5.41) is 4.96. The average molecular weight is 352 g/mol. The first-order chi connectivity index (χ1) is 12.4. The molecular weight excluding hydrogens is 336 g/mol. The van der Waals surface area contributed by atoms with Gasteiger partial charge < -0.3 is 15.4 Å². The number of carbonyl (C=O) groups is 4. The Balaban J connectivity index is 1.83. The van der Waals surface area contributed by atoms with Crippen molar-refractivity contribution in [1.82, 2.24) is 5.32 Å². The lowest BCUT2D eigenvalue weighted by molar-refractivity contribution is -0.142. The number of rotatable bonds is 3. The molecule has 2 amide bonds. The monoisotopic (exact) mass is 352 g/mol. The fraction of sp³-hybridized carbons (Fsp3) is 0.158. The van der Waals surface area contributed by atoms with Crippen molar-refractivity contribution in [3.63, 3.8) is 0 Å². The molecule has 1 atom stereocenters. The minimum atomic E-state index is -0.826. The Hall–Kier alpha value is -3.48. The zero-order chi connectivity index (χ0) is 18.8.